The third-order valence-corrected chi connectivity index (χ3v) is 4.05. The Morgan fingerprint density at radius 3 is 2.58 bits per heavy atom. The van der Waals surface area contributed by atoms with Crippen molar-refractivity contribution in [3.63, 3.8) is 0 Å². The number of furan rings is 1. The van der Waals surface area contributed by atoms with Crippen molar-refractivity contribution in [3.05, 3.63) is 46.4 Å². The minimum Gasteiger partial charge on any atom is -0.495 e. The molecule has 2 amide bonds. The third kappa shape index (κ3) is 5.00. The first-order valence-corrected chi connectivity index (χ1v) is 8.37. The molecule has 8 heteroatoms. The van der Waals surface area contributed by atoms with E-state index in [1.807, 2.05) is 0 Å². The fraction of sp³-hybridized carbons (Fsp3) is 0.333. The van der Waals surface area contributed by atoms with Gasteiger partial charge in [0.05, 0.1) is 18.2 Å². The zero-order valence-electron chi connectivity index (χ0n) is 14.8. The van der Waals surface area contributed by atoms with Gasteiger partial charge >= 0.3 is 11.8 Å². The zero-order valence-corrected chi connectivity index (χ0v) is 15.5. The van der Waals surface area contributed by atoms with Crippen molar-refractivity contribution in [1.29, 1.82) is 0 Å². The van der Waals surface area contributed by atoms with E-state index in [9.17, 15) is 14.7 Å². The molecular formula is C18H21ClN2O5. The van der Waals surface area contributed by atoms with Crippen LogP contribution in [0.5, 0.6) is 5.75 Å². The first-order chi connectivity index (χ1) is 12.3. The van der Waals surface area contributed by atoms with E-state index in [4.69, 9.17) is 20.8 Å². The molecular weight excluding hydrogens is 360 g/mol. The van der Waals surface area contributed by atoms with Gasteiger partial charge < -0.3 is 24.9 Å². The summed E-state index contributed by atoms with van der Waals surface area (Å²) in [6, 6.07) is 6.40. The lowest BCUT2D eigenvalue weighted by Gasteiger charge is -2.11. The Morgan fingerprint density at radius 2 is 2.00 bits per heavy atom. The molecule has 0 radical (unpaired) electrons. The van der Waals surface area contributed by atoms with Gasteiger partial charge in [0.15, 0.2) is 0 Å². The molecule has 3 N–H and O–H groups in total. The van der Waals surface area contributed by atoms with Gasteiger partial charge in [-0.05, 0) is 44.5 Å². The molecule has 140 valence electrons. The van der Waals surface area contributed by atoms with Gasteiger partial charge in [-0.3, -0.25) is 9.59 Å². The number of hydrogen-bond donors (Lipinski definition) is 3. The number of carbonyl (C=O) groups is 2. The number of aryl methyl sites for hydroxylation is 2. The van der Waals surface area contributed by atoms with Crippen LogP contribution in [-0.2, 0) is 9.59 Å². The number of amides is 2. The maximum absolute atomic E-state index is 11.9. The Morgan fingerprint density at radius 1 is 1.27 bits per heavy atom. The number of anilines is 1. The summed E-state index contributed by atoms with van der Waals surface area (Å²) in [5.74, 6) is 0.182. The van der Waals surface area contributed by atoms with Crippen molar-refractivity contribution < 1.29 is 23.8 Å². The second kappa shape index (κ2) is 8.73. The highest BCUT2D eigenvalue weighted by atomic mass is 35.5. The molecule has 1 aromatic carbocycles. The number of benzene rings is 1. The summed E-state index contributed by atoms with van der Waals surface area (Å²) in [7, 11) is 1.48. The number of halogens is 1. The maximum Gasteiger partial charge on any atom is 0.313 e. The van der Waals surface area contributed by atoms with E-state index in [1.54, 1.807) is 32.0 Å². The summed E-state index contributed by atoms with van der Waals surface area (Å²) in [6.45, 7) is 3.69. The number of aliphatic hydroxyl groups is 1. The lowest BCUT2D eigenvalue weighted by Crippen LogP contribution is -2.36. The van der Waals surface area contributed by atoms with Crippen molar-refractivity contribution in [1.82, 2.24) is 5.32 Å². The molecule has 0 aliphatic rings. The Hall–Kier alpha value is -2.51. The molecule has 2 aromatic rings. The number of carbonyl (C=O) groups excluding carboxylic acids is 2. The number of methoxy groups -OCH3 is 1. The minimum absolute atomic E-state index is 0.139. The van der Waals surface area contributed by atoms with Crippen LogP contribution in [0.1, 0.15) is 29.6 Å². The van der Waals surface area contributed by atoms with E-state index in [0.717, 1.165) is 0 Å². The second-order valence-corrected chi connectivity index (χ2v) is 6.14. The number of aliphatic hydroxyl groups excluding tert-OH is 1. The molecule has 0 spiro atoms. The largest absolute Gasteiger partial charge is 0.495 e. The maximum atomic E-state index is 11.9. The lowest BCUT2D eigenvalue weighted by molar-refractivity contribution is -0.136. The smallest absolute Gasteiger partial charge is 0.313 e. The van der Waals surface area contributed by atoms with Gasteiger partial charge in [0.1, 0.15) is 17.3 Å². The first-order valence-electron chi connectivity index (χ1n) is 7.99. The Balaban J connectivity index is 1.82. The van der Waals surface area contributed by atoms with E-state index in [-0.39, 0.29) is 13.0 Å². The monoisotopic (exact) mass is 380 g/mol. The van der Waals surface area contributed by atoms with Gasteiger partial charge in [0.25, 0.3) is 0 Å². The van der Waals surface area contributed by atoms with Crippen molar-refractivity contribution in [2.75, 3.05) is 19.0 Å². The van der Waals surface area contributed by atoms with E-state index >= 15 is 0 Å². The standard InChI is InChI=1S/C18H21ClN2O5/c1-10-8-13(11(2)26-10)15(22)6-7-20-17(23)18(24)21-12-4-5-16(25-3)14(19)9-12/h4-5,8-9,15,22H,6-7H2,1-3H3,(H,20,23)(H,21,24)/t15-/m0/s1. The average molecular weight is 381 g/mol. The summed E-state index contributed by atoms with van der Waals surface area (Å²) in [5.41, 5.74) is 1.05. The quantitative estimate of drug-likeness (QED) is 0.669. The molecule has 0 aliphatic carbocycles. The van der Waals surface area contributed by atoms with Crippen LogP contribution in [0.25, 0.3) is 0 Å². The molecule has 0 unspecified atom stereocenters. The highest BCUT2D eigenvalue weighted by Gasteiger charge is 2.17. The van der Waals surface area contributed by atoms with Gasteiger partial charge in [-0.25, -0.2) is 0 Å². The second-order valence-electron chi connectivity index (χ2n) is 5.73. The number of rotatable bonds is 6. The predicted molar refractivity (Wildman–Crippen MR) is 97.4 cm³/mol. The van der Waals surface area contributed by atoms with Crippen LogP contribution < -0.4 is 15.4 Å². The van der Waals surface area contributed by atoms with E-state index in [2.05, 4.69) is 10.6 Å². The molecule has 0 saturated heterocycles. The van der Waals surface area contributed by atoms with Gasteiger partial charge in [-0.2, -0.15) is 0 Å². The van der Waals surface area contributed by atoms with Gasteiger partial charge in [-0.1, -0.05) is 11.6 Å². The molecule has 0 bridgehead atoms. The molecule has 7 nitrogen and oxygen atoms in total. The van der Waals surface area contributed by atoms with Crippen LogP contribution in [0.3, 0.4) is 0 Å². The van der Waals surface area contributed by atoms with Crippen LogP contribution in [0.4, 0.5) is 5.69 Å². The summed E-state index contributed by atoms with van der Waals surface area (Å²) in [4.78, 5) is 23.8. The Kier molecular flexibility index (Phi) is 6.65. The van der Waals surface area contributed by atoms with E-state index in [0.29, 0.717) is 33.5 Å². The molecule has 1 aromatic heterocycles. The minimum atomic E-state index is -0.823. The number of nitrogens with one attached hydrogen (secondary N) is 2. The molecule has 0 fully saturated rings. The van der Waals surface area contributed by atoms with Crippen LogP contribution in [0.15, 0.2) is 28.7 Å². The highest BCUT2D eigenvalue weighted by Crippen LogP contribution is 2.27. The summed E-state index contributed by atoms with van der Waals surface area (Å²) in [6.07, 6.45) is -0.524. The summed E-state index contributed by atoms with van der Waals surface area (Å²) >= 11 is 5.97. The zero-order chi connectivity index (χ0) is 19.3. The molecule has 0 saturated carbocycles. The molecule has 0 aliphatic heterocycles. The normalized spacial score (nSPS) is 11.7. The van der Waals surface area contributed by atoms with Gasteiger partial charge in [-0.15, -0.1) is 0 Å². The SMILES string of the molecule is COc1ccc(NC(=O)C(=O)NCC[C@H](O)c2cc(C)oc2C)cc1Cl. The van der Waals surface area contributed by atoms with E-state index < -0.39 is 17.9 Å². The van der Waals surface area contributed by atoms with Crippen LogP contribution in [0.2, 0.25) is 5.02 Å². The number of ether oxygens (including phenoxy) is 1. The Bertz CT molecular complexity index is 803. The molecule has 1 atom stereocenters. The van der Waals surface area contributed by atoms with Crippen molar-refractivity contribution in [3.8, 4) is 5.75 Å². The van der Waals surface area contributed by atoms with Crippen molar-refractivity contribution in [2.24, 2.45) is 0 Å². The summed E-state index contributed by atoms with van der Waals surface area (Å²) in [5, 5.41) is 15.4. The van der Waals surface area contributed by atoms with Crippen molar-refractivity contribution in [2.45, 2.75) is 26.4 Å². The molecule has 2 rings (SSSR count). The van der Waals surface area contributed by atoms with Crippen LogP contribution in [0, 0.1) is 13.8 Å². The fourth-order valence-corrected chi connectivity index (χ4v) is 2.73. The topological polar surface area (TPSA) is 101 Å². The molecule has 26 heavy (non-hydrogen) atoms. The van der Waals surface area contributed by atoms with Crippen LogP contribution >= 0.6 is 11.6 Å². The third-order valence-electron chi connectivity index (χ3n) is 3.76. The molecule has 1 heterocycles. The first kappa shape index (κ1) is 19.8. The Labute approximate surface area is 156 Å². The lowest BCUT2D eigenvalue weighted by atomic mass is 10.1. The predicted octanol–water partition coefficient (Wildman–Crippen LogP) is 2.74. The van der Waals surface area contributed by atoms with Gasteiger partial charge in [0.2, 0.25) is 0 Å². The average Bonchev–Trinajstić information content (AvgIpc) is 2.93. The van der Waals surface area contributed by atoms with E-state index in [1.165, 1.54) is 13.2 Å². The fourth-order valence-electron chi connectivity index (χ4n) is 2.47. The summed E-state index contributed by atoms with van der Waals surface area (Å²) < 4.78 is 10.4. The highest BCUT2D eigenvalue weighted by molar-refractivity contribution is 6.40. The van der Waals surface area contributed by atoms with Crippen LogP contribution in [-0.4, -0.2) is 30.6 Å². The number of hydrogen-bond acceptors (Lipinski definition) is 5. The van der Waals surface area contributed by atoms with Crippen molar-refractivity contribution >= 4 is 29.1 Å². The van der Waals surface area contributed by atoms with Gasteiger partial charge in [0, 0.05) is 17.8 Å².